The zero-order chi connectivity index (χ0) is 9.68. The summed E-state index contributed by atoms with van der Waals surface area (Å²) in [5, 5.41) is 0.461. The van der Waals surface area contributed by atoms with Crippen molar-refractivity contribution in [1.29, 1.82) is 0 Å². The van der Waals surface area contributed by atoms with E-state index < -0.39 is 0 Å². The van der Waals surface area contributed by atoms with Crippen molar-refractivity contribution in [1.82, 2.24) is 9.97 Å². The van der Waals surface area contributed by atoms with E-state index in [1.807, 2.05) is 13.8 Å². The molecule has 0 N–H and O–H groups in total. The second-order valence-corrected chi connectivity index (χ2v) is 2.98. The molecule has 1 aromatic heterocycles. The molecule has 0 bridgehead atoms. The summed E-state index contributed by atoms with van der Waals surface area (Å²) in [5.41, 5.74) is 0. The number of ether oxygens (including phenoxy) is 1. The molecule has 72 valence electrons. The van der Waals surface area contributed by atoms with Crippen LogP contribution in [0, 0.1) is 0 Å². The molecule has 0 aliphatic rings. The Bertz CT molecular complexity index is 268. The Hall–Kier alpha value is -0.670. The molecule has 1 aromatic rings. The molecular weight excluding hydrogens is 188 g/mol. The monoisotopic (exact) mass is 200 g/mol. The van der Waals surface area contributed by atoms with Crippen LogP contribution in [0.2, 0.25) is 5.15 Å². The summed E-state index contributed by atoms with van der Waals surface area (Å²) < 4.78 is 5.45. The van der Waals surface area contributed by atoms with E-state index in [1.54, 1.807) is 12.3 Å². The molecule has 3 nitrogen and oxygen atoms in total. The number of nitrogens with zero attached hydrogens (tertiary/aromatic N) is 2. The minimum atomic E-state index is -0.0382. The van der Waals surface area contributed by atoms with Crippen LogP contribution in [0.3, 0.4) is 0 Å². The molecule has 1 unspecified atom stereocenters. The van der Waals surface area contributed by atoms with Crippen LogP contribution >= 0.6 is 11.6 Å². The third-order valence-electron chi connectivity index (χ3n) is 1.67. The van der Waals surface area contributed by atoms with E-state index in [9.17, 15) is 0 Å². The van der Waals surface area contributed by atoms with Gasteiger partial charge in [0.2, 0.25) is 0 Å². The van der Waals surface area contributed by atoms with Gasteiger partial charge >= 0.3 is 0 Å². The van der Waals surface area contributed by atoms with Crippen molar-refractivity contribution in [2.45, 2.75) is 26.4 Å². The van der Waals surface area contributed by atoms with Crippen molar-refractivity contribution < 1.29 is 4.74 Å². The predicted molar refractivity (Wildman–Crippen MR) is 51.7 cm³/mol. The maximum absolute atomic E-state index is 5.74. The van der Waals surface area contributed by atoms with Crippen LogP contribution in [0.4, 0.5) is 0 Å². The first kappa shape index (κ1) is 10.4. The first-order valence-electron chi connectivity index (χ1n) is 4.38. The minimum absolute atomic E-state index is 0.0382. The maximum Gasteiger partial charge on any atom is 0.158 e. The topological polar surface area (TPSA) is 35.0 Å². The second-order valence-electron chi connectivity index (χ2n) is 2.59. The molecule has 0 saturated carbocycles. The largest absolute Gasteiger partial charge is 0.371 e. The van der Waals surface area contributed by atoms with Crippen molar-refractivity contribution in [3.8, 4) is 0 Å². The van der Waals surface area contributed by atoms with Crippen LogP contribution in [-0.2, 0) is 4.74 Å². The molecule has 0 aliphatic carbocycles. The van der Waals surface area contributed by atoms with Crippen LogP contribution in [0.1, 0.15) is 32.2 Å². The van der Waals surface area contributed by atoms with Gasteiger partial charge in [-0.15, -0.1) is 0 Å². The Morgan fingerprint density at radius 2 is 2.31 bits per heavy atom. The normalized spacial score (nSPS) is 12.8. The van der Waals surface area contributed by atoms with Crippen LogP contribution in [-0.4, -0.2) is 16.6 Å². The number of hydrogen-bond donors (Lipinski definition) is 0. The Balaban J connectivity index is 2.78. The summed E-state index contributed by atoms with van der Waals surface area (Å²) >= 11 is 5.74. The highest BCUT2D eigenvalue weighted by Crippen LogP contribution is 2.17. The van der Waals surface area contributed by atoms with Crippen molar-refractivity contribution in [2.24, 2.45) is 0 Å². The van der Waals surface area contributed by atoms with E-state index in [2.05, 4.69) is 9.97 Å². The van der Waals surface area contributed by atoms with E-state index in [0.717, 1.165) is 6.42 Å². The second kappa shape index (κ2) is 5.14. The summed E-state index contributed by atoms with van der Waals surface area (Å²) in [4.78, 5) is 8.20. The molecule has 1 atom stereocenters. The lowest BCUT2D eigenvalue weighted by atomic mass is 10.2. The van der Waals surface area contributed by atoms with Crippen LogP contribution in [0.5, 0.6) is 0 Å². The highest BCUT2D eigenvalue weighted by atomic mass is 35.5. The highest BCUT2D eigenvalue weighted by Gasteiger charge is 2.11. The molecule has 0 fully saturated rings. The van der Waals surface area contributed by atoms with Gasteiger partial charge in [-0.3, -0.25) is 0 Å². The van der Waals surface area contributed by atoms with Crippen LogP contribution < -0.4 is 0 Å². The van der Waals surface area contributed by atoms with E-state index in [-0.39, 0.29) is 6.10 Å². The summed E-state index contributed by atoms with van der Waals surface area (Å²) in [5.74, 6) is 0.664. The maximum atomic E-state index is 5.74. The summed E-state index contributed by atoms with van der Waals surface area (Å²) in [7, 11) is 0. The van der Waals surface area contributed by atoms with E-state index in [4.69, 9.17) is 16.3 Å². The van der Waals surface area contributed by atoms with Gasteiger partial charge in [-0.05, 0) is 19.4 Å². The average Bonchev–Trinajstić information content (AvgIpc) is 2.14. The van der Waals surface area contributed by atoms with Crippen LogP contribution in [0.15, 0.2) is 12.3 Å². The SMILES string of the molecule is CCOC(CC)c1nccc(Cl)n1. The molecule has 0 aliphatic heterocycles. The molecular formula is C9H13ClN2O. The third kappa shape index (κ3) is 2.94. The predicted octanol–water partition coefficient (Wildman–Crippen LogP) is 2.62. The molecule has 0 aromatic carbocycles. The molecule has 0 amide bonds. The lowest BCUT2D eigenvalue weighted by Gasteiger charge is -2.12. The number of hydrogen-bond acceptors (Lipinski definition) is 3. The van der Waals surface area contributed by atoms with Gasteiger partial charge in [0.15, 0.2) is 5.82 Å². The van der Waals surface area contributed by atoms with Crippen molar-refractivity contribution in [2.75, 3.05) is 6.61 Å². The first-order valence-corrected chi connectivity index (χ1v) is 4.75. The highest BCUT2D eigenvalue weighted by molar-refractivity contribution is 6.29. The first-order chi connectivity index (χ1) is 6.27. The van der Waals surface area contributed by atoms with Crippen molar-refractivity contribution in [3.05, 3.63) is 23.2 Å². The molecule has 1 rings (SSSR count). The van der Waals surface area contributed by atoms with Gasteiger partial charge in [-0.2, -0.15) is 0 Å². The zero-order valence-corrected chi connectivity index (χ0v) is 8.58. The Morgan fingerprint density at radius 1 is 1.54 bits per heavy atom. The van der Waals surface area contributed by atoms with Crippen molar-refractivity contribution in [3.63, 3.8) is 0 Å². The van der Waals surface area contributed by atoms with Gasteiger partial charge in [0.1, 0.15) is 11.3 Å². The van der Waals surface area contributed by atoms with E-state index in [1.165, 1.54) is 0 Å². The van der Waals surface area contributed by atoms with E-state index >= 15 is 0 Å². The molecule has 4 heteroatoms. The molecule has 0 saturated heterocycles. The van der Waals surface area contributed by atoms with Gasteiger partial charge in [0, 0.05) is 12.8 Å². The summed E-state index contributed by atoms with van der Waals surface area (Å²) in [6.45, 7) is 4.65. The standard InChI is InChI=1S/C9H13ClN2O/c1-3-7(13-4-2)9-11-6-5-8(10)12-9/h5-7H,3-4H2,1-2H3. The van der Waals surface area contributed by atoms with Gasteiger partial charge < -0.3 is 4.74 Å². The smallest absolute Gasteiger partial charge is 0.158 e. The molecule has 13 heavy (non-hydrogen) atoms. The third-order valence-corrected chi connectivity index (χ3v) is 1.88. The summed E-state index contributed by atoms with van der Waals surface area (Å²) in [6, 6.07) is 1.66. The van der Waals surface area contributed by atoms with E-state index in [0.29, 0.717) is 17.6 Å². The van der Waals surface area contributed by atoms with Gasteiger partial charge in [0.25, 0.3) is 0 Å². The van der Waals surface area contributed by atoms with Gasteiger partial charge in [-0.25, -0.2) is 9.97 Å². The minimum Gasteiger partial charge on any atom is -0.371 e. The summed E-state index contributed by atoms with van der Waals surface area (Å²) in [6.07, 6.45) is 2.46. The number of halogens is 1. The zero-order valence-electron chi connectivity index (χ0n) is 7.83. The molecule has 0 spiro atoms. The average molecular weight is 201 g/mol. The Labute approximate surface area is 83.1 Å². The lowest BCUT2D eigenvalue weighted by molar-refractivity contribution is 0.0535. The quantitative estimate of drug-likeness (QED) is 0.701. The number of rotatable bonds is 4. The molecule has 0 radical (unpaired) electrons. The molecule has 1 heterocycles. The van der Waals surface area contributed by atoms with Gasteiger partial charge in [-0.1, -0.05) is 18.5 Å². The Morgan fingerprint density at radius 3 is 2.85 bits per heavy atom. The fourth-order valence-electron chi connectivity index (χ4n) is 1.08. The van der Waals surface area contributed by atoms with Gasteiger partial charge in [0.05, 0.1) is 0 Å². The van der Waals surface area contributed by atoms with Crippen molar-refractivity contribution >= 4 is 11.6 Å². The Kier molecular flexibility index (Phi) is 4.12. The van der Waals surface area contributed by atoms with Crippen LogP contribution in [0.25, 0.3) is 0 Å². The fraction of sp³-hybridized carbons (Fsp3) is 0.556. The fourth-order valence-corrected chi connectivity index (χ4v) is 1.22. The number of aromatic nitrogens is 2. The lowest BCUT2D eigenvalue weighted by Crippen LogP contribution is -2.07.